The van der Waals surface area contributed by atoms with Crippen LogP contribution in [0.3, 0.4) is 0 Å². The first kappa shape index (κ1) is 17.3. The van der Waals surface area contributed by atoms with E-state index in [1.165, 1.54) is 12.1 Å². The van der Waals surface area contributed by atoms with Crippen molar-refractivity contribution < 1.29 is 14.6 Å². The molecule has 3 rings (SSSR count). The van der Waals surface area contributed by atoms with E-state index < -0.39 is 22.4 Å². The maximum atomic E-state index is 12.9. The normalized spacial score (nSPS) is 20.8. The average molecular weight is 347 g/mol. The van der Waals surface area contributed by atoms with E-state index in [9.17, 15) is 25.0 Å². The fourth-order valence-electron chi connectivity index (χ4n) is 3.98. The highest BCUT2D eigenvalue weighted by atomic mass is 16.6. The summed E-state index contributed by atoms with van der Waals surface area (Å²) in [6.07, 6.45) is 5.35. The number of nitro benzene ring substituents is 1. The molecular formula is C17H21N3O5. The number of benzene rings is 1. The molecule has 8 nitrogen and oxygen atoms in total. The van der Waals surface area contributed by atoms with Crippen molar-refractivity contribution in [3.63, 3.8) is 0 Å². The molecule has 1 aromatic carbocycles. The molecule has 0 N–H and O–H groups in total. The Morgan fingerprint density at radius 1 is 1.16 bits per heavy atom. The van der Waals surface area contributed by atoms with Crippen LogP contribution in [-0.2, 0) is 11.2 Å². The topological polar surface area (TPSA) is 107 Å². The highest BCUT2D eigenvalue weighted by Crippen LogP contribution is 2.35. The number of nitrogens with zero attached hydrogens (tertiary/aromatic N) is 3. The highest BCUT2D eigenvalue weighted by molar-refractivity contribution is 5.80. The summed E-state index contributed by atoms with van der Waals surface area (Å²) in [5.41, 5.74) is 1.30. The van der Waals surface area contributed by atoms with Crippen LogP contribution in [0.25, 0.3) is 0 Å². The Kier molecular flexibility index (Phi) is 4.96. The van der Waals surface area contributed by atoms with Crippen molar-refractivity contribution in [3.05, 3.63) is 49.6 Å². The van der Waals surface area contributed by atoms with Gasteiger partial charge in [0.15, 0.2) is 0 Å². The Balaban J connectivity index is 1.93. The van der Waals surface area contributed by atoms with Gasteiger partial charge in [0.2, 0.25) is 12.5 Å². The number of nitro groups is 2. The van der Waals surface area contributed by atoms with Crippen LogP contribution < -0.4 is 0 Å². The van der Waals surface area contributed by atoms with E-state index in [0.29, 0.717) is 18.5 Å². The zero-order valence-corrected chi connectivity index (χ0v) is 13.9. The molecule has 0 bridgehead atoms. The summed E-state index contributed by atoms with van der Waals surface area (Å²) in [4.78, 5) is 35.8. The van der Waals surface area contributed by atoms with E-state index in [0.717, 1.165) is 37.7 Å². The Morgan fingerprint density at radius 2 is 1.88 bits per heavy atom. The summed E-state index contributed by atoms with van der Waals surface area (Å²) in [6.45, 7) is 0.00524. The highest BCUT2D eigenvalue weighted by Gasteiger charge is 2.38. The van der Waals surface area contributed by atoms with Gasteiger partial charge in [-0.2, -0.15) is 0 Å². The lowest BCUT2D eigenvalue weighted by Gasteiger charge is -2.37. The Bertz CT molecular complexity index is 700. The van der Waals surface area contributed by atoms with E-state index in [1.54, 1.807) is 11.0 Å². The summed E-state index contributed by atoms with van der Waals surface area (Å²) in [5, 5.41) is 22.2. The summed E-state index contributed by atoms with van der Waals surface area (Å²) in [7, 11) is 0. The predicted molar refractivity (Wildman–Crippen MR) is 89.7 cm³/mol. The van der Waals surface area contributed by atoms with Gasteiger partial charge in [0.25, 0.3) is 5.69 Å². The first-order chi connectivity index (χ1) is 12.0. The molecular weight excluding hydrogens is 326 g/mol. The Labute approximate surface area is 145 Å². The molecule has 25 heavy (non-hydrogen) atoms. The average Bonchev–Trinajstić information content (AvgIpc) is 2.61. The molecule has 1 amide bonds. The molecule has 0 unspecified atom stereocenters. The van der Waals surface area contributed by atoms with Gasteiger partial charge in [0, 0.05) is 29.5 Å². The van der Waals surface area contributed by atoms with Crippen molar-refractivity contribution in [2.75, 3.05) is 13.1 Å². The second-order valence-electron chi connectivity index (χ2n) is 6.79. The van der Waals surface area contributed by atoms with Crippen molar-refractivity contribution >= 4 is 11.6 Å². The number of fused-ring (bicyclic) bond motifs is 1. The predicted octanol–water partition coefficient (Wildman–Crippen LogP) is 2.88. The molecule has 0 radical (unpaired) electrons. The van der Waals surface area contributed by atoms with Crippen LogP contribution in [0.1, 0.15) is 49.3 Å². The maximum Gasteiger partial charge on any atom is 0.269 e. The third kappa shape index (κ3) is 3.62. The van der Waals surface area contributed by atoms with Gasteiger partial charge < -0.3 is 4.90 Å². The molecule has 0 saturated heterocycles. The van der Waals surface area contributed by atoms with E-state index in [2.05, 4.69) is 0 Å². The standard InChI is InChI=1S/C17H21N3O5/c21-17(13-4-2-1-3-5-13)18-9-8-12-6-7-14(20(24)25)10-15(12)16(18)11-19(22)23/h6-7,10,13,16H,1-5,8-9,11H2/t16-/m0/s1. The van der Waals surface area contributed by atoms with E-state index >= 15 is 0 Å². The minimum Gasteiger partial charge on any atom is -0.328 e. The van der Waals surface area contributed by atoms with Crippen molar-refractivity contribution in [3.8, 4) is 0 Å². The van der Waals surface area contributed by atoms with Crippen LogP contribution in [-0.4, -0.2) is 33.7 Å². The van der Waals surface area contributed by atoms with Crippen LogP contribution in [0.4, 0.5) is 5.69 Å². The van der Waals surface area contributed by atoms with Crippen LogP contribution in [0, 0.1) is 26.1 Å². The van der Waals surface area contributed by atoms with Crippen molar-refractivity contribution in [2.24, 2.45) is 5.92 Å². The minimum atomic E-state index is -0.729. The molecule has 134 valence electrons. The van der Waals surface area contributed by atoms with Crippen molar-refractivity contribution in [2.45, 2.75) is 44.6 Å². The Morgan fingerprint density at radius 3 is 2.52 bits per heavy atom. The molecule has 1 atom stereocenters. The zero-order chi connectivity index (χ0) is 18.0. The summed E-state index contributed by atoms with van der Waals surface area (Å²) in [6, 6.07) is 3.74. The second-order valence-corrected chi connectivity index (χ2v) is 6.79. The molecule has 0 aromatic heterocycles. The number of hydrogen-bond acceptors (Lipinski definition) is 5. The SMILES string of the molecule is O=C(C1CCCCC1)N1CCc2ccc([N+](=O)[O-])cc2[C@@H]1C[N+](=O)[O-]. The molecule has 1 saturated carbocycles. The summed E-state index contributed by atoms with van der Waals surface area (Å²) >= 11 is 0. The smallest absolute Gasteiger partial charge is 0.269 e. The quantitative estimate of drug-likeness (QED) is 0.615. The molecule has 1 aliphatic heterocycles. The lowest BCUT2D eigenvalue weighted by molar-refractivity contribution is -0.487. The largest absolute Gasteiger partial charge is 0.328 e. The number of carbonyl (C=O) groups is 1. The van der Waals surface area contributed by atoms with E-state index in [-0.39, 0.29) is 17.5 Å². The second kappa shape index (κ2) is 7.16. The number of rotatable bonds is 4. The number of non-ortho nitro benzene ring substituents is 1. The fourth-order valence-corrected chi connectivity index (χ4v) is 3.98. The first-order valence-electron chi connectivity index (χ1n) is 8.67. The van der Waals surface area contributed by atoms with Crippen LogP contribution >= 0.6 is 0 Å². The molecule has 1 aromatic rings. The van der Waals surface area contributed by atoms with Gasteiger partial charge in [0.05, 0.1) is 4.92 Å². The van der Waals surface area contributed by atoms with Gasteiger partial charge >= 0.3 is 0 Å². The van der Waals surface area contributed by atoms with Gasteiger partial charge in [-0.05, 0) is 30.4 Å². The van der Waals surface area contributed by atoms with Gasteiger partial charge in [-0.3, -0.25) is 25.0 Å². The minimum absolute atomic E-state index is 0.0382. The fraction of sp³-hybridized carbons (Fsp3) is 0.588. The molecule has 1 aliphatic carbocycles. The van der Waals surface area contributed by atoms with Crippen molar-refractivity contribution in [1.82, 2.24) is 4.90 Å². The third-order valence-electron chi connectivity index (χ3n) is 5.26. The van der Waals surface area contributed by atoms with Gasteiger partial charge in [0.1, 0.15) is 6.04 Å². The third-order valence-corrected chi connectivity index (χ3v) is 5.26. The van der Waals surface area contributed by atoms with E-state index in [4.69, 9.17) is 0 Å². The monoisotopic (exact) mass is 347 g/mol. The molecule has 2 aliphatic rings. The van der Waals surface area contributed by atoms with Gasteiger partial charge in [-0.15, -0.1) is 0 Å². The van der Waals surface area contributed by atoms with E-state index in [1.807, 2.05) is 0 Å². The molecule has 0 spiro atoms. The Hall–Kier alpha value is -2.51. The molecule has 1 fully saturated rings. The number of hydrogen-bond donors (Lipinski definition) is 0. The number of amides is 1. The summed E-state index contributed by atoms with van der Waals surface area (Å²) < 4.78 is 0. The van der Waals surface area contributed by atoms with Gasteiger partial charge in [-0.25, -0.2) is 0 Å². The van der Waals surface area contributed by atoms with Gasteiger partial charge in [-0.1, -0.05) is 25.3 Å². The van der Waals surface area contributed by atoms with Crippen LogP contribution in [0.5, 0.6) is 0 Å². The zero-order valence-electron chi connectivity index (χ0n) is 13.9. The summed E-state index contributed by atoms with van der Waals surface area (Å²) in [5.74, 6) is -0.119. The lowest BCUT2D eigenvalue weighted by Crippen LogP contribution is -2.45. The molecule has 1 heterocycles. The first-order valence-corrected chi connectivity index (χ1v) is 8.67. The van der Waals surface area contributed by atoms with Crippen molar-refractivity contribution in [1.29, 1.82) is 0 Å². The van der Waals surface area contributed by atoms with Crippen LogP contribution in [0.15, 0.2) is 18.2 Å². The lowest BCUT2D eigenvalue weighted by atomic mass is 9.85. The van der Waals surface area contributed by atoms with Crippen LogP contribution in [0.2, 0.25) is 0 Å². The number of carbonyl (C=O) groups excluding carboxylic acids is 1. The molecule has 8 heteroatoms. The maximum absolute atomic E-state index is 12.9.